The molecule has 1 aliphatic carbocycles. The smallest absolute Gasteiger partial charge is 0.142 e. The summed E-state index contributed by atoms with van der Waals surface area (Å²) in [5, 5.41) is 3.64. The molecule has 0 spiro atoms. The van der Waals surface area contributed by atoms with Crippen LogP contribution < -0.4 is 10.1 Å². The van der Waals surface area contributed by atoms with Gasteiger partial charge in [-0.2, -0.15) is 0 Å². The maximum atomic E-state index is 5.83. The van der Waals surface area contributed by atoms with Crippen molar-refractivity contribution >= 4 is 5.69 Å². The van der Waals surface area contributed by atoms with Crippen molar-refractivity contribution in [1.82, 2.24) is 0 Å². The predicted molar refractivity (Wildman–Crippen MR) is 65.9 cm³/mol. The third-order valence-corrected chi connectivity index (χ3v) is 3.87. The van der Waals surface area contributed by atoms with Crippen molar-refractivity contribution in [2.45, 2.75) is 38.1 Å². The number of hydrogen-bond acceptors (Lipinski definition) is 2. The molecule has 0 saturated heterocycles. The van der Waals surface area contributed by atoms with Crippen molar-refractivity contribution < 1.29 is 4.74 Å². The van der Waals surface area contributed by atoms with Crippen molar-refractivity contribution in [3.63, 3.8) is 0 Å². The lowest BCUT2D eigenvalue weighted by Crippen LogP contribution is -2.38. The van der Waals surface area contributed by atoms with Crippen LogP contribution in [0, 0.1) is 5.92 Å². The Bertz CT molecular complexity index is 358. The number of benzene rings is 1. The van der Waals surface area contributed by atoms with Gasteiger partial charge in [0.2, 0.25) is 0 Å². The Hall–Kier alpha value is -1.18. The van der Waals surface area contributed by atoms with Crippen molar-refractivity contribution in [1.29, 1.82) is 0 Å². The molecule has 1 aromatic carbocycles. The summed E-state index contributed by atoms with van der Waals surface area (Å²) in [6, 6.07) is 8.78. The van der Waals surface area contributed by atoms with Gasteiger partial charge >= 0.3 is 0 Å². The second-order valence-electron chi connectivity index (χ2n) is 4.96. The standard InChI is InChI=1S/C14H19NO/c1-2-6-11(7-3-1)13-10-16-14-9-5-4-8-12(14)15-13/h4-5,8-9,11,13,15H,1-3,6-7,10H2. The van der Waals surface area contributed by atoms with Gasteiger partial charge in [0, 0.05) is 0 Å². The number of nitrogens with one attached hydrogen (secondary N) is 1. The monoisotopic (exact) mass is 217 g/mol. The topological polar surface area (TPSA) is 21.3 Å². The first-order chi connectivity index (χ1) is 7.93. The summed E-state index contributed by atoms with van der Waals surface area (Å²) >= 11 is 0. The summed E-state index contributed by atoms with van der Waals surface area (Å²) in [5.41, 5.74) is 1.17. The normalized spacial score (nSPS) is 25.4. The van der Waals surface area contributed by atoms with Crippen LogP contribution in [-0.4, -0.2) is 12.6 Å². The van der Waals surface area contributed by atoms with Gasteiger partial charge in [-0.15, -0.1) is 0 Å². The largest absolute Gasteiger partial charge is 0.489 e. The predicted octanol–water partition coefficient (Wildman–Crippen LogP) is 3.44. The number of anilines is 1. The van der Waals surface area contributed by atoms with Gasteiger partial charge in [-0.3, -0.25) is 0 Å². The Morgan fingerprint density at radius 2 is 1.88 bits per heavy atom. The number of para-hydroxylation sites is 2. The first-order valence-electron chi connectivity index (χ1n) is 6.42. The van der Waals surface area contributed by atoms with Crippen LogP contribution in [0.3, 0.4) is 0 Å². The first-order valence-corrected chi connectivity index (χ1v) is 6.42. The molecule has 0 aromatic heterocycles. The van der Waals surface area contributed by atoms with Gasteiger partial charge in [-0.05, 0) is 30.9 Å². The van der Waals surface area contributed by atoms with Gasteiger partial charge in [0.25, 0.3) is 0 Å². The average molecular weight is 217 g/mol. The number of fused-ring (bicyclic) bond motifs is 1. The zero-order valence-electron chi connectivity index (χ0n) is 9.61. The third-order valence-electron chi connectivity index (χ3n) is 3.87. The van der Waals surface area contributed by atoms with E-state index in [9.17, 15) is 0 Å². The Morgan fingerprint density at radius 1 is 1.06 bits per heavy atom. The zero-order chi connectivity index (χ0) is 10.8. The maximum absolute atomic E-state index is 5.83. The van der Waals surface area contributed by atoms with E-state index in [-0.39, 0.29) is 0 Å². The van der Waals surface area contributed by atoms with Crippen LogP contribution in [-0.2, 0) is 0 Å². The van der Waals surface area contributed by atoms with Crippen LogP contribution in [0.25, 0.3) is 0 Å². The van der Waals surface area contributed by atoms with Crippen LogP contribution in [0.1, 0.15) is 32.1 Å². The molecule has 0 amide bonds. The molecular formula is C14H19NO. The third kappa shape index (κ3) is 1.89. The lowest BCUT2D eigenvalue weighted by atomic mass is 9.83. The van der Waals surface area contributed by atoms with Crippen LogP contribution in [0.4, 0.5) is 5.69 Å². The van der Waals surface area contributed by atoms with Crippen LogP contribution in [0.5, 0.6) is 5.75 Å². The molecular weight excluding hydrogens is 198 g/mol. The van der Waals surface area contributed by atoms with E-state index in [1.165, 1.54) is 37.8 Å². The van der Waals surface area contributed by atoms with E-state index in [0.29, 0.717) is 6.04 Å². The summed E-state index contributed by atoms with van der Waals surface area (Å²) in [6.45, 7) is 0.835. The molecule has 1 aromatic rings. The van der Waals surface area contributed by atoms with Crippen molar-refractivity contribution in [3.05, 3.63) is 24.3 Å². The minimum atomic E-state index is 0.523. The van der Waals surface area contributed by atoms with E-state index in [1.807, 2.05) is 12.1 Å². The van der Waals surface area contributed by atoms with Gasteiger partial charge in [0.1, 0.15) is 12.4 Å². The lowest BCUT2D eigenvalue weighted by Gasteiger charge is -2.35. The average Bonchev–Trinajstić information content (AvgIpc) is 2.39. The second-order valence-corrected chi connectivity index (χ2v) is 4.96. The minimum absolute atomic E-state index is 0.523. The summed E-state index contributed by atoms with van der Waals surface area (Å²) in [7, 11) is 0. The Morgan fingerprint density at radius 3 is 2.75 bits per heavy atom. The highest BCUT2D eigenvalue weighted by atomic mass is 16.5. The molecule has 1 unspecified atom stereocenters. The lowest BCUT2D eigenvalue weighted by molar-refractivity contribution is 0.214. The molecule has 1 saturated carbocycles. The molecule has 0 bridgehead atoms. The zero-order valence-corrected chi connectivity index (χ0v) is 9.61. The highest BCUT2D eigenvalue weighted by Gasteiger charge is 2.27. The van der Waals surface area contributed by atoms with E-state index in [4.69, 9.17) is 4.74 Å². The van der Waals surface area contributed by atoms with Crippen molar-refractivity contribution in [2.75, 3.05) is 11.9 Å². The molecule has 2 aliphatic rings. The molecule has 0 radical (unpaired) electrons. The fourth-order valence-electron chi connectivity index (χ4n) is 2.92. The highest BCUT2D eigenvalue weighted by Crippen LogP contribution is 2.34. The second kappa shape index (κ2) is 4.36. The van der Waals surface area contributed by atoms with Crippen LogP contribution in [0.15, 0.2) is 24.3 Å². The summed E-state index contributed by atoms with van der Waals surface area (Å²) in [6.07, 6.45) is 6.93. The van der Waals surface area contributed by atoms with E-state index >= 15 is 0 Å². The Kier molecular flexibility index (Phi) is 2.73. The minimum Gasteiger partial charge on any atom is -0.489 e. The number of rotatable bonds is 1. The molecule has 3 rings (SSSR count). The van der Waals surface area contributed by atoms with Gasteiger partial charge in [0.15, 0.2) is 0 Å². The van der Waals surface area contributed by atoms with Gasteiger partial charge in [-0.1, -0.05) is 31.4 Å². The van der Waals surface area contributed by atoms with E-state index < -0.39 is 0 Å². The highest BCUT2D eigenvalue weighted by molar-refractivity contribution is 5.58. The van der Waals surface area contributed by atoms with Crippen LogP contribution >= 0.6 is 0 Å². The molecule has 86 valence electrons. The van der Waals surface area contributed by atoms with E-state index in [2.05, 4.69) is 17.4 Å². The Balaban J connectivity index is 1.72. The molecule has 2 heteroatoms. The molecule has 1 aliphatic heterocycles. The summed E-state index contributed by atoms with van der Waals surface area (Å²) in [4.78, 5) is 0. The quantitative estimate of drug-likeness (QED) is 0.778. The molecule has 1 heterocycles. The fraction of sp³-hybridized carbons (Fsp3) is 0.571. The van der Waals surface area contributed by atoms with Crippen molar-refractivity contribution in [2.24, 2.45) is 5.92 Å². The molecule has 1 atom stereocenters. The molecule has 1 N–H and O–H groups in total. The molecule has 2 nitrogen and oxygen atoms in total. The van der Waals surface area contributed by atoms with Gasteiger partial charge in [0.05, 0.1) is 11.7 Å². The van der Waals surface area contributed by atoms with E-state index in [1.54, 1.807) is 0 Å². The van der Waals surface area contributed by atoms with Gasteiger partial charge < -0.3 is 10.1 Å². The maximum Gasteiger partial charge on any atom is 0.142 e. The first kappa shape index (κ1) is 10.0. The van der Waals surface area contributed by atoms with Crippen molar-refractivity contribution in [3.8, 4) is 5.75 Å². The number of ether oxygens (including phenoxy) is 1. The molecule has 16 heavy (non-hydrogen) atoms. The Labute approximate surface area is 97.0 Å². The molecule has 1 fully saturated rings. The van der Waals surface area contributed by atoms with Gasteiger partial charge in [-0.25, -0.2) is 0 Å². The fourth-order valence-corrected chi connectivity index (χ4v) is 2.92. The number of hydrogen-bond donors (Lipinski definition) is 1. The summed E-state index contributed by atoms with van der Waals surface area (Å²) < 4.78 is 5.83. The SMILES string of the molecule is c1ccc2c(c1)NC(C1CCCCC1)CO2. The van der Waals surface area contributed by atoms with E-state index in [0.717, 1.165) is 18.3 Å². The van der Waals surface area contributed by atoms with Crippen LogP contribution in [0.2, 0.25) is 0 Å². The summed E-state index contributed by atoms with van der Waals surface area (Å²) in [5.74, 6) is 1.82.